The van der Waals surface area contributed by atoms with Gasteiger partial charge in [-0.2, -0.15) is 0 Å². The molecule has 0 spiro atoms. The first-order valence-electron chi connectivity index (χ1n) is 7.18. The summed E-state index contributed by atoms with van der Waals surface area (Å²) in [5, 5.41) is 12.5. The largest absolute Gasteiger partial charge is 0.391 e. The van der Waals surface area contributed by atoms with Gasteiger partial charge in [-0.15, -0.1) is 0 Å². The second-order valence-corrected chi connectivity index (χ2v) is 5.43. The molecule has 0 radical (unpaired) electrons. The summed E-state index contributed by atoms with van der Waals surface area (Å²) in [6.45, 7) is 5.02. The summed E-state index contributed by atoms with van der Waals surface area (Å²) in [6, 6.07) is -0.524. The van der Waals surface area contributed by atoms with Crippen molar-refractivity contribution in [3.8, 4) is 0 Å². The van der Waals surface area contributed by atoms with E-state index in [-0.39, 0.29) is 18.4 Å². The molecule has 0 saturated carbocycles. The Balaban J connectivity index is 1.76. The lowest BCUT2D eigenvalue weighted by Crippen LogP contribution is -2.47. The molecule has 0 aromatic carbocycles. The van der Waals surface area contributed by atoms with E-state index in [1.54, 1.807) is 0 Å². The van der Waals surface area contributed by atoms with Crippen LogP contribution in [0.2, 0.25) is 0 Å². The standard InChI is InChI=1S/C14H23N3O3/c1-11(18)17-10-12(19)9-13(17)14(20)15-5-8-16-6-3-2-4-7-16/h2-3,12-13,19H,4-10H2,1H3,(H,15,20)/t12-,13-/m1/s1. The lowest BCUT2D eigenvalue weighted by atomic mass is 10.2. The van der Waals surface area contributed by atoms with Crippen molar-refractivity contribution in [1.29, 1.82) is 0 Å². The Morgan fingerprint density at radius 2 is 2.20 bits per heavy atom. The number of aliphatic hydroxyl groups is 1. The van der Waals surface area contributed by atoms with Gasteiger partial charge in [-0.05, 0) is 6.42 Å². The Morgan fingerprint density at radius 3 is 2.85 bits per heavy atom. The zero-order valence-corrected chi connectivity index (χ0v) is 11.9. The smallest absolute Gasteiger partial charge is 0.242 e. The Labute approximate surface area is 119 Å². The van der Waals surface area contributed by atoms with Crippen molar-refractivity contribution in [1.82, 2.24) is 15.1 Å². The maximum atomic E-state index is 12.1. The molecular formula is C14H23N3O3. The summed E-state index contributed by atoms with van der Waals surface area (Å²) in [6.07, 6.45) is 5.09. The summed E-state index contributed by atoms with van der Waals surface area (Å²) in [5.41, 5.74) is 0. The fourth-order valence-corrected chi connectivity index (χ4v) is 2.76. The van der Waals surface area contributed by atoms with Crippen LogP contribution >= 0.6 is 0 Å². The number of β-amino-alcohol motifs (C(OH)–C–C–N with tert-alkyl or cyclic N) is 1. The van der Waals surface area contributed by atoms with Gasteiger partial charge >= 0.3 is 0 Å². The van der Waals surface area contributed by atoms with Crippen LogP contribution in [0.15, 0.2) is 12.2 Å². The normalized spacial score (nSPS) is 26.8. The van der Waals surface area contributed by atoms with Crippen molar-refractivity contribution in [3.63, 3.8) is 0 Å². The van der Waals surface area contributed by atoms with Crippen LogP contribution in [-0.4, -0.2) is 71.6 Å². The lowest BCUT2D eigenvalue weighted by molar-refractivity contribution is -0.136. The number of nitrogens with one attached hydrogen (secondary N) is 1. The van der Waals surface area contributed by atoms with E-state index in [9.17, 15) is 14.7 Å². The second-order valence-electron chi connectivity index (χ2n) is 5.43. The number of amides is 2. The quantitative estimate of drug-likeness (QED) is 0.672. The van der Waals surface area contributed by atoms with Gasteiger partial charge < -0.3 is 15.3 Å². The molecule has 0 aliphatic carbocycles. The molecule has 112 valence electrons. The highest BCUT2D eigenvalue weighted by atomic mass is 16.3. The van der Waals surface area contributed by atoms with Gasteiger partial charge in [-0.3, -0.25) is 14.5 Å². The number of carbonyl (C=O) groups is 2. The van der Waals surface area contributed by atoms with E-state index in [0.29, 0.717) is 13.0 Å². The van der Waals surface area contributed by atoms with Crippen molar-refractivity contribution < 1.29 is 14.7 Å². The summed E-state index contributed by atoms with van der Waals surface area (Å²) >= 11 is 0. The van der Waals surface area contributed by atoms with Crippen LogP contribution in [0.3, 0.4) is 0 Å². The van der Waals surface area contributed by atoms with Gasteiger partial charge in [-0.1, -0.05) is 12.2 Å². The van der Waals surface area contributed by atoms with E-state index in [2.05, 4.69) is 22.4 Å². The first kappa shape index (κ1) is 15.0. The molecule has 2 amide bonds. The third-order valence-electron chi connectivity index (χ3n) is 3.86. The minimum absolute atomic E-state index is 0.163. The summed E-state index contributed by atoms with van der Waals surface area (Å²) in [7, 11) is 0. The molecule has 2 atom stereocenters. The predicted octanol–water partition coefficient (Wildman–Crippen LogP) is -0.654. The molecule has 20 heavy (non-hydrogen) atoms. The highest BCUT2D eigenvalue weighted by molar-refractivity contribution is 5.87. The summed E-state index contributed by atoms with van der Waals surface area (Å²) in [5.74, 6) is -0.327. The van der Waals surface area contributed by atoms with Crippen LogP contribution in [0.4, 0.5) is 0 Å². The molecule has 1 fully saturated rings. The topological polar surface area (TPSA) is 72.9 Å². The molecule has 2 N–H and O–H groups in total. The van der Waals surface area contributed by atoms with Crippen molar-refractivity contribution >= 4 is 11.8 Å². The van der Waals surface area contributed by atoms with Crippen molar-refractivity contribution in [3.05, 3.63) is 12.2 Å². The molecule has 6 heteroatoms. The van der Waals surface area contributed by atoms with Gasteiger partial charge in [0.15, 0.2) is 0 Å². The van der Waals surface area contributed by atoms with E-state index in [0.717, 1.165) is 26.1 Å². The summed E-state index contributed by atoms with van der Waals surface area (Å²) in [4.78, 5) is 27.3. The van der Waals surface area contributed by atoms with Crippen LogP contribution in [-0.2, 0) is 9.59 Å². The van der Waals surface area contributed by atoms with Crippen molar-refractivity contribution in [2.24, 2.45) is 0 Å². The highest BCUT2D eigenvalue weighted by Gasteiger charge is 2.37. The minimum Gasteiger partial charge on any atom is -0.391 e. The molecule has 0 bridgehead atoms. The van der Waals surface area contributed by atoms with Crippen molar-refractivity contribution in [2.45, 2.75) is 31.9 Å². The van der Waals surface area contributed by atoms with E-state index in [1.165, 1.54) is 11.8 Å². The minimum atomic E-state index is -0.595. The zero-order valence-electron chi connectivity index (χ0n) is 11.9. The Hall–Kier alpha value is -1.40. The fraction of sp³-hybridized carbons (Fsp3) is 0.714. The number of likely N-dealkylation sites (tertiary alicyclic amines) is 1. The molecule has 6 nitrogen and oxygen atoms in total. The number of hydrogen-bond donors (Lipinski definition) is 2. The van der Waals surface area contributed by atoms with E-state index < -0.39 is 12.1 Å². The maximum Gasteiger partial charge on any atom is 0.242 e. The number of hydrogen-bond acceptors (Lipinski definition) is 4. The molecule has 2 heterocycles. The molecule has 0 aromatic heterocycles. The van der Waals surface area contributed by atoms with E-state index >= 15 is 0 Å². The van der Waals surface area contributed by atoms with Gasteiger partial charge in [0.05, 0.1) is 6.10 Å². The molecule has 2 aliphatic rings. The maximum absolute atomic E-state index is 12.1. The van der Waals surface area contributed by atoms with Gasteiger partial charge in [0.1, 0.15) is 6.04 Å². The van der Waals surface area contributed by atoms with Gasteiger partial charge in [-0.25, -0.2) is 0 Å². The van der Waals surface area contributed by atoms with Gasteiger partial charge in [0.25, 0.3) is 0 Å². The number of carbonyl (C=O) groups excluding carboxylic acids is 2. The SMILES string of the molecule is CC(=O)N1C[C@H](O)C[C@@H]1C(=O)NCCN1CC=CCC1. The lowest BCUT2D eigenvalue weighted by Gasteiger charge is -2.25. The third kappa shape index (κ3) is 3.80. The van der Waals surface area contributed by atoms with Crippen LogP contribution in [0.25, 0.3) is 0 Å². The molecule has 0 unspecified atom stereocenters. The van der Waals surface area contributed by atoms with Crippen LogP contribution < -0.4 is 5.32 Å². The molecule has 2 aliphatic heterocycles. The first-order valence-corrected chi connectivity index (χ1v) is 7.18. The Kier molecular flexibility index (Phi) is 5.14. The van der Waals surface area contributed by atoms with Gasteiger partial charge in [0.2, 0.25) is 11.8 Å². The Bertz CT molecular complexity index is 397. The average Bonchev–Trinajstić information content (AvgIpc) is 2.82. The Morgan fingerprint density at radius 1 is 1.40 bits per heavy atom. The van der Waals surface area contributed by atoms with E-state index in [4.69, 9.17) is 0 Å². The highest BCUT2D eigenvalue weighted by Crippen LogP contribution is 2.18. The monoisotopic (exact) mass is 281 g/mol. The second kappa shape index (κ2) is 6.85. The van der Waals surface area contributed by atoms with Crippen LogP contribution in [0, 0.1) is 0 Å². The van der Waals surface area contributed by atoms with Crippen LogP contribution in [0.5, 0.6) is 0 Å². The fourth-order valence-electron chi connectivity index (χ4n) is 2.76. The zero-order chi connectivity index (χ0) is 14.5. The third-order valence-corrected chi connectivity index (χ3v) is 3.86. The van der Waals surface area contributed by atoms with E-state index in [1.807, 2.05) is 0 Å². The van der Waals surface area contributed by atoms with Crippen LogP contribution in [0.1, 0.15) is 19.8 Å². The molecule has 0 aromatic rings. The predicted molar refractivity (Wildman–Crippen MR) is 75.0 cm³/mol. The number of aliphatic hydroxyl groups excluding tert-OH is 1. The molecule has 1 saturated heterocycles. The number of nitrogens with zero attached hydrogens (tertiary/aromatic N) is 2. The number of rotatable bonds is 4. The average molecular weight is 281 g/mol. The van der Waals surface area contributed by atoms with Crippen molar-refractivity contribution in [2.75, 3.05) is 32.7 Å². The van der Waals surface area contributed by atoms with Gasteiger partial charge in [0, 0.05) is 46.1 Å². The molecular weight excluding hydrogens is 258 g/mol. The molecule has 2 rings (SSSR count). The first-order chi connectivity index (χ1) is 9.58. The summed E-state index contributed by atoms with van der Waals surface area (Å²) < 4.78 is 0.